The lowest BCUT2D eigenvalue weighted by Crippen LogP contribution is -2.07. The van der Waals surface area contributed by atoms with E-state index in [-0.39, 0.29) is 12.0 Å². The first-order valence-corrected chi connectivity index (χ1v) is 5.60. The van der Waals surface area contributed by atoms with E-state index in [2.05, 4.69) is 20.3 Å². The van der Waals surface area contributed by atoms with Crippen LogP contribution in [0.1, 0.15) is 20.3 Å². The molecule has 0 aliphatic heterocycles. The maximum atomic E-state index is 5.34. The van der Waals surface area contributed by atoms with Gasteiger partial charge in [-0.3, -0.25) is 0 Å². The van der Waals surface area contributed by atoms with Crippen molar-refractivity contribution in [2.24, 2.45) is 0 Å². The minimum Gasteiger partial charge on any atom is -0.463 e. The highest BCUT2D eigenvalue weighted by Gasteiger charge is 2.06. The third-order valence-corrected chi connectivity index (χ3v) is 1.80. The third kappa shape index (κ3) is 4.67. The minimum atomic E-state index is 0.258. The summed E-state index contributed by atoms with van der Waals surface area (Å²) in [6.45, 7) is 4.94. The van der Waals surface area contributed by atoms with E-state index in [1.807, 2.05) is 26.0 Å². The molecule has 6 nitrogen and oxygen atoms in total. The summed E-state index contributed by atoms with van der Waals surface area (Å²) in [6.07, 6.45) is 4.67. The molecule has 0 fully saturated rings. The molecule has 0 spiro atoms. The molecule has 94 valence electrons. The molecule has 1 rings (SSSR count). The molecule has 0 atom stereocenters. The third-order valence-electron chi connectivity index (χ3n) is 1.80. The van der Waals surface area contributed by atoms with Crippen molar-refractivity contribution < 1.29 is 9.47 Å². The van der Waals surface area contributed by atoms with Crippen LogP contribution >= 0.6 is 0 Å². The summed E-state index contributed by atoms with van der Waals surface area (Å²) in [5.41, 5.74) is 0. The summed E-state index contributed by atoms with van der Waals surface area (Å²) < 4.78 is 10.7. The Labute approximate surface area is 101 Å². The quantitative estimate of drug-likeness (QED) is 0.728. The first kappa shape index (κ1) is 13.2. The number of rotatable bonds is 7. The molecule has 0 aliphatic carbocycles. The fourth-order valence-electron chi connectivity index (χ4n) is 0.991. The molecule has 0 bridgehead atoms. The molecule has 0 radical (unpaired) electrons. The molecule has 0 saturated carbocycles. The van der Waals surface area contributed by atoms with Crippen LogP contribution in [0.3, 0.4) is 0 Å². The van der Waals surface area contributed by atoms with Crippen LogP contribution in [-0.4, -0.2) is 35.2 Å². The molecular weight excluding hydrogens is 220 g/mol. The molecule has 0 saturated heterocycles. The van der Waals surface area contributed by atoms with E-state index in [1.54, 1.807) is 7.05 Å². The Bertz CT molecular complexity index is 368. The largest absolute Gasteiger partial charge is 0.463 e. The van der Waals surface area contributed by atoms with E-state index in [1.165, 1.54) is 0 Å². The van der Waals surface area contributed by atoms with Crippen LogP contribution in [0.25, 0.3) is 0 Å². The van der Waals surface area contributed by atoms with Gasteiger partial charge in [-0.15, -0.1) is 4.98 Å². The second-order valence-electron chi connectivity index (χ2n) is 3.20. The molecule has 0 aromatic carbocycles. The van der Waals surface area contributed by atoms with Gasteiger partial charge in [0.25, 0.3) is 0 Å². The van der Waals surface area contributed by atoms with Gasteiger partial charge in [0, 0.05) is 7.05 Å². The molecule has 1 aromatic heterocycles. The summed E-state index contributed by atoms with van der Waals surface area (Å²) in [7, 11) is 1.73. The van der Waals surface area contributed by atoms with Gasteiger partial charge in [-0.1, -0.05) is 19.1 Å². The van der Waals surface area contributed by atoms with Crippen molar-refractivity contribution in [2.45, 2.75) is 20.3 Å². The number of hydrogen-bond donors (Lipinski definition) is 1. The average molecular weight is 238 g/mol. The lowest BCUT2D eigenvalue weighted by molar-refractivity contribution is 0.275. The zero-order chi connectivity index (χ0) is 12.5. The van der Waals surface area contributed by atoms with Crippen LogP contribution < -0.4 is 14.8 Å². The monoisotopic (exact) mass is 238 g/mol. The van der Waals surface area contributed by atoms with Gasteiger partial charge < -0.3 is 14.8 Å². The maximum Gasteiger partial charge on any atom is 0.324 e. The highest BCUT2D eigenvalue weighted by molar-refractivity contribution is 5.26. The number of aromatic nitrogens is 3. The fraction of sp³-hybridized carbons (Fsp3) is 0.545. The number of anilines is 1. The molecule has 6 heteroatoms. The van der Waals surface area contributed by atoms with E-state index in [4.69, 9.17) is 9.47 Å². The minimum absolute atomic E-state index is 0.258. The Morgan fingerprint density at radius 3 is 2.47 bits per heavy atom. The summed E-state index contributed by atoms with van der Waals surface area (Å²) in [5, 5.41) is 2.83. The molecule has 1 heterocycles. The van der Waals surface area contributed by atoms with Gasteiger partial charge >= 0.3 is 12.0 Å². The summed E-state index contributed by atoms with van der Waals surface area (Å²) >= 11 is 0. The van der Waals surface area contributed by atoms with Gasteiger partial charge in [-0.2, -0.15) is 9.97 Å². The second-order valence-corrected chi connectivity index (χ2v) is 3.20. The summed E-state index contributed by atoms with van der Waals surface area (Å²) in [5.74, 6) is 0.432. The van der Waals surface area contributed by atoms with Crippen LogP contribution in [0.5, 0.6) is 12.0 Å². The fourth-order valence-corrected chi connectivity index (χ4v) is 0.991. The molecule has 17 heavy (non-hydrogen) atoms. The van der Waals surface area contributed by atoms with Gasteiger partial charge in [-0.25, -0.2) is 0 Å². The Morgan fingerprint density at radius 1 is 1.18 bits per heavy atom. The Kier molecular flexibility index (Phi) is 5.77. The van der Waals surface area contributed by atoms with E-state index >= 15 is 0 Å². The van der Waals surface area contributed by atoms with Gasteiger partial charge in [-0.05, 0) is 13.3 Å². The predicted molar refractivity (Wildman–Crippen MR) is 65.5 cm³/mol. The number of nitrogens with one attached hydrogen (secondary N) is 1. The molecule has 0 amide bonds. The number of hydrogen-bond acceptors (Lipinski definition) is 6. The van der Waals surface area contributed by atoms with Crippen molar-refractivity contribution >= 4 is 5.95 Å². The van der Waals surface area contributed by atoms with Crippen molar-refractivity contribution in [2.75, 3.05) is 25.6 Å². The molecule has 0 unspecified atom stereocenters. The predicted octanol–water partition coefficient (Wildman–Crippen LogP) is 1.66. The lowest BCUT2D eigenvalue weighted by Gasteiger charge is -2.07. The van der Waals surface area contributed by atoms with Gasteiger partial charge in [0.2, 0.25) is 5.95 Å². The molecule has 1 N–H and O–H groups in total. The molecule has 0 aliphatic rings. The SMILES string of the molecule is C/C=C/COc1nc(NC)nc(OCCC)n1. The molecule has 1 aromatic rings. The van der Waals surface area contributed by atoms with Gasteiger partial charge in [0.1, 0.15) is 6.61 Å². The zero-order valence-corrected chi connectivity index (χ0v) is 10.4. The van der Waals surface area contributed by atoms with Crippen molar-refractivity contribution in [1.82, 2.24) is 15.0 Å². The van der Waals surface area contributed by atoms with Crippen LogP contribution in [0.4, 0.5) is 5.95 Å². The Hall–Kier alpha value is -1.85. The Morgan fingerprint density at radius 2 is 1.88 bits per heavy atom. The standard InChI is InChI=1S/C11H18N4O2/c1-4-6-8-17-11-14-9(12-3)13-10(15-11)16-7-5-2/h4,6H,5,7-8H2,1-3H3,(H,12,13,14,15)/b6-4+. The normalized spacial score (nSPS) is 10.5. The number of allylic oxidation sites excluding steroid dienone is 1. The average Bonchev–Trinajstić information content (AvgIpc) is 2.36. The van der Waals surface area contributed by atoms with E-state index in [0.29, 0.717) is 19.2 Å². The second kappa shape index (κ2) is 7.43. The van der Waals surface area contributed by atoms with E-state index in [9.17, 15) is 0 Å². The van der Waals surface area contributed by atoms with Crippen LogP contribution in [-0.2, 0) is 0 Å². The van der Waals surface area contributed by atoms with Gasteiger partial charge in [0.15, 0.2) is 0 Å². The Balaban J connectivity index is 2.73. The van der Waals surface area contributed by atoms with Crippen molar-refractivity contribution in [3.05, 3.63) is 12.2 Å². The highest BCUT2D eigenvalue weighted by atomic mass is 16.5. The zero-order valence-electron chi connectivity index (χ0n) is 10.4. The van der Waals surface area contributed by atoms with Crippen molar-refractivity contribution in [3.63, 3.8) is 0 Å². The lowest BCUT2D eigenvalue weighted by atomic mass is 10.5. The summed E-state index contributed by atoms with van der Waals surface area (Å²) in [6, 6.07) is 0.537. The van der Waals surface area contributed by atoms with E-state index in [0.717, 1.165) is 6.42 Å². The van der Waals surface area contributed by atoms with Crippen LogP contribution in [0.15, 0.2) is 12.2 Å². The van der Waals surface area contributed by atoms with E-state index < -0.39 is 0 Å². The highest BCUT2D eigenvalue weighted by Crippen LogP contribution is 2.12. The topological polar surface area (TPSA) is 69.2 Å². The summed E-state index contributed by atoms with van der Waals surface area (Å²) in [4.78, 5) is 12.2. The number of nitrogens with zero attached hydrogens (tertiary/aromatic N) is 3. The first-order chi connectivity index (χ1) is 8.30. The smallest absolute Gasteiger partial charge is 0.324 e. The molecular formula is C11H18N4O2. The van der Waals surface area contributed by atoms with Crippen molar-refractivity contribution in [3.8, 4) is 12.0 Å². The van der Waals surface area contributed by atoms with Gasteiger partial charge in [0.05, 0.1) is 6.61 Å². The van der Waals surface area contributed by atoms with Crippen molar-refractivity contribution in [1.29, 1.82) is 0 Å². The van der Waals surface area contributed by atoms with Crippen LogP contribution in [0.2, 0.25) is 0 Å². The van der Waals surface area contributed by atoms with Crippen LogP contribution in [0, 0.1) is 0 Å². The number of ether oxygens (including phenoxy) is 2. The maximum absolute atomic E-state index is 5.34. The first-order valence-electron chi connectivity index (χ1n) is 5.60.